The van der Waals surface area contributed by atoms with Crippen molar-refractivity contribution in [3.05, 3.63) is 41.3 Å². The Hall–Kier alpha value is -2.30. The van der Waals surface area contributed by atoms with Crippen molar-refractivity contribution in [2.45, 2.75) is 96.5 Å². The average Bonchev–Trinajstić information content (AvgIpc) is 3.20. The molecular formula is C27H38N2O3. The molecule has 5 nitrogen and oxygen atoms in total. The summed E-state index contributed by atoms with van der Waals surface area (Å²) in [5, 5.41) is 0. The first-order chi connectivity index (χ1) is 14.9. The van der Waals surface area contributed by atoms with Crippen LogP contribution in [0.3, 0.4) is 0 Å². The van der Waals surface area contributed by atoms with Crippen LogP contribution >= 0.6 is 0 Å². The Labute approximate surface area is 192 Å². The molecule has 1 fully saturated rings. The lowest BCUT2D eigenvalue weighted by atomic mass is 9.63. The van der Waals surface area contributed by atoms with Gasteiger partial charge in [-0.05, 0) is 80.5 Å². The van der Waals surface area contributed by atoms with Crippen LogP contribution in [0.2, 0.25) is 0 Å². The molecule has 2 aliphatic rings. The number of rotatable bonds is 2. The number of oxazole rings is 1. The zero-order valence-corrected chi connectivity index (χ0v) is 20.7. The van der Waals surface area contributed by atoms with E-state index in [2.05, 4.69) is 45.9 Å². The molecule has 4 rings (SSSR count). The number of aromatic nitrogens is 1. The smallest absolute Gasteiger partial charge is 0.410 e. The molecule has 1 saturated heterocycles. The highest BCUT2D eigenvalue weighted by Gasteiger charge is 2.37. The van der Waals surface area contributed by atoms with Gasteiger partial charge in [0.2, 0.25) is 5.89 Å². The topological polar surface area (TPSA) is 55.6 Å². The van der Waals surface area contributed by atoms with Gasteiger partial charge in [0.15, 0.2) is 0 Å². The molecule has 2 aromatic rings. The number of amides is 1. The third-order valence-electron chi connectivity index (χ3n) is 7.19. The van der Waals surface area contributed by atoms with Crippen molar-refractivity contribution in [3.8, 4) is 11.5 Å². The molecule has 1 aromatic heterocycles. The first kappa shape index (κ1) is 22.9. The molecule has 5 heteroatoms. The number of carbonyl (C=O) groups excluding carboxylic acids is 1. The van der Waals surface area contributed by atoms with Crippen LogP contribution < -0.4 is 0 Å². The second kappa shape index (κ2) is 7.93. The lowest BCUT2D eigenvalue weighted by molar-refractivity contribution is 0.0204. The minimum absolute atomic E-state index is 0.158. The van der Waals surface area contributed by atoms with Crippen LogP contribution in [0.15, 0.2) is 28.9 Å². The van der Waals surface area contributed by atoms with E-state index in [1.807, 2.05) is 20.8 Å². The van der Waals surface area contributed by atoms with Crippen molar-refractivity contribution in [1.29, 1.82) is 0 Å². The van der Waals surface area contributed by atoms with E-state index in [-0.39, 0.29) is 16.9 Å². The van der Waals surface area contributed by atoms with Crippen LogP contribution in [-0.4, -0.2) is 34.7 Å². The van der Waals surface area contributed by atoms with E-state index in [9.17, 15) is 4.79 Å². The fourth-order valence-electron chi connectivity index (χ4n) is 5.01. The Morgan fingerprint density at radius 3 is 2.31 bits per heavy atom. The quantitative estimate of drug-likeness (QED) is 0.517. The van der Waals surface area contributed by atoms with E-state index in [1.165, 1.54) is 24.0 Å². The summed E-state index contributed by atoms with van der Waals surface area (Å²) in [5.41, 5.74) is 4.79. The van der Waals surface area contributed by atoms with Gasteiger partial charge in [0.1, 0.15) is 11.9 Å². The monoisotopic (exact) mass is 438 g/mol. The summed E-state index contributed by atoms with van der Waals surface area (Å²) >= 11 is 0. The first-order valence-corrected chi connectivity index (χ1v) is 11.9. The molecule has 1 amide bonds. The average molecular weight is 439 g/mol. The normalized spacial score (nSPS) is 20.7. The Bertz CT molecular complexity index is 989. The maximum absolute atomic E-state index is 12.3. The van der Waals surface area contributed by atoms with Crippen LogP contribution in [0, 0.1) is 0 Å². The largest absolute Gasteiger partial charge is 0.444 e. The first-order valence-electron chi connectivity index (χ1n) is 11.9. The van der Waals surface area contributed by atoms with Crippen LogP contribution in [0.25, 0.3) is 11.5 Å². The maximum Gasteiger partial charge on any atom is 0.410 e. The molecule has 1 aliphatic heterocycles. The fraction of sp³-hybridized carbons (Fsp3) is 0.630. The van der Waals surface area contributed by atoms with Crippen molar-refractivity contribution in [3.63, 3.8) is 0 Å². The Kier molecular flexibility index (Phi) is 5.67. The number of piperidine rings is 1. The molecule has 0 bridgehead atoms. The highest BCUT2D eigenvalue weighted by atomic mass is 16.6. The molecule has 0 atom stereocenters. The lowest BCUT2D eigenvalue weighted by Gasteiger charge is -2.42. The third kappa shape index (κ3) is 4.57. The van der Waals surface area contributed by atoms with Gasteiger partial charge in [-0.25, -0.2) is 9.78 Å². The van der Waals surface area contributed by atoms with Crippen molar-refractivity contribution < 1.29 is 13.9 Å². The zero-order valence-electron chi connectivity index (χ0n) is 20.7. The van der Waals surface area contributed by atoms with E-state index < -0.39 is 5.60 Å². The number of benzene rings is 1. The van der Waals surface area contributed by atoms with Crippen LogP contribution in [-0.2, 0) is 15.6 Å². The minimum Gasteiger partial charge on any atom is -0.444 e. The lowest BCUT2D eigenvalue weighted by Crippen LogP contribution is -2.41. The maximum atomic E-state index is 12.3. The highest BCUT2D eigenvalue weighted by molar-refractivity contribution is 5.68. The van der Waals surface area contributed by atoms with Crippen LogP contribution in [0.1, 0.15) is 96.9 Å². The third-order valence-corrected chi connectivity index (χ3v) is 7.19. The van der Waals surface area contributed by atoms with Crippen molar-refractivity contribution in [2.24, 2.45) is 0 Å². The fourth-order valence-corrected chi connectivity index (χ4v) is 5.01. The highest BCUT2D eigenvalue weighted by Crippen LogP contribution is 2.46. The molecular weight excluding hydrogens is 400 g/mol. The van der Waals surface area contributed by atoms with E-state index in [4.69, 9.17) is 14.1 Å². The summed E-state index contributed by atoms with van der Waals surface area (Å²) in [6, 6.07) is 6.72. The summed E-state index contributed by atoms with van der Waals surface area (Å²) in [7, 11) is 0. The second-order valence-corrected chi connectivity index (χ2v) is 11.8. The second-order valence-electron chi connectivity index (χ2n) is 11.8. The summed E-state index contributed by atoms with van der Waals surface area (Å²) in [5.74, 6) is 0.996. The molecule has 1 aromatic carbocycles. The molecule has 0 radical (unpaired) electrons. The van der Waals surface area contributed by atoms with Crippen molar-refractivity contribution >= 4 is 6.09 Å². The van der Waals surface area contributed by atoms with E-state index >= 15 is 0 Å². The molecule has 32 heavy (non-hydrogen) atoms. The van der Waals surface area contributed by atoms with E-state index in [1.54, 1.807) is 11.2 Å². The summed E-state index contributed by atoms with van der Waals surface area (Å²) in [6.07, 6.45) is 5.71. The predicted molar refractivity (Wildman–Crippen MR) is 127 cm³/mol. The Morgan fingerprint density at radius 1 is 1.06 bits per heavy atom. The molecule has 174 valence electrons. The number of likely N-dealkylation sites (tertiary alicyclic amines) is 1. The minimum atomic E-state index is -0.465. The number of hydrogen-bond acceptors (Lipinski definition) is 4. The van der Waals surface area contributed by atoms with Gasteiger partial charge in [-0.15, -0.1) is 0 Å². The van der Waals surface area contributed by atoms with Gasteiger partial charge in [0, 0.05) is 24.6 Å². The Balaban J connectivity index is 1.48. The van der Waals surface area contributed by atoms with Crippen LogP contribution in [0.4, 0.5) is 4.79 Å². The van der Waals surface area contributed by atoms with Gasteiger partial charge in [-0.2, -0.15) is 0 Å². The number of carbonyl (C=O) groups is 1. The Morgan fingerprint density at radius 2 is 1.69 bits per heavy atom. The molecule has 0 saturated carbocycles. The number of hydrogen-bond donors (Lipinski definition) is 0. The molecule has 1 aliphatic carbocycles. The van der Waals surface area contributed by atoms with Gasteiger partial charge < -0.3 is 14.1 Å². The number of ether oxygens (including phenoxy) is 1. The summed E-state index contributed by atoms with van der Waals surface area (Å²) in [4.78, 5) is 19.0. The van der Waals surface area contributed by atoms with Gasteiger partial charge in [-0.3, -0.25) is 0 Å². The van der Waals surface area contributed by atoms with Gasteiger partial charge in [0.05, 0.1) is 5.69 Å². The van der Waals surface area contributed by atoms with Crippen molar-refractivity contribution in [2.75, 3.05) is 13.1 Å². The van der Waals surface area contributed by atoms with Gasteiger partial charge in [-0.1, -0.05) is 33.8 Å². The van der Waals surface area contributed by atoms with Crippen molar-refractivity contribution in [1.82, 2.24) is 9.88 Å². The van der Waals surface area contributed by atoms with Gasteiger partial charge >= 0.3 is 6.09 Å². The molecule has 0 unspecified atom stereocenters. The van der Waals surface area contributed by atoms with E-state index in [0.717, 1.165) is 24.1 Å². The number of fused-ring (bicyclic) bond motifs is 1. The standard InChI is InChI=1S/C27H38N2O3/c1-25(2,3)32-24(30)29-14-10-18(11-15-29)22-17-31-23(28-22)19-8-9-20-21(16-19)27(6,7)13-12-26(20,4)5/h8-9,16-18H,10-15H2,1-7H3. The molecule has 2 heterocycles. The molecule has 0 spiro atoms. The SMILES string of the molecule is CC(C)(C)OC(=O)N1CCC(c2coc(-c3ccc4c(c3)C(C)(C)CCC4(C)C)n2)CC1. The zero-order chi connectivity index (χ0) is 23.3. The van der Waals surface area contributed by atoms with E-state index in [0.29, 0.717) is 24.9 Å². The number of nitrogens with zero attached hydrogens (tertiary/aromatic N) is 2. The van der Waals surface area contributed by atoms with Gasteiger partial charge in [0.25, 0.3) is 0 Å². The molecule has 0 N–H and O–H groups in total. The summed E-state index contributed by atoms with van der Waals surface area (Å²) in [6.45, 7) is 16.4. The van der Waals surface area contributed by atoms with Crippen LogP contribution in [0.5, 0.6) is 0 Å². The summed E-state index contributed by atoms with van der Waals surface area (Å²) < 4.78 is 11.4. The predicted octanol–water partition coefficient (Wildman–Crippen LogP) is 6.81.